The van der Waals surface area contributed by atoms with E-state index in [0.717, 1.165) is 18.9 Å². The van der Waals surface area contributed by atoms with Crippen LogP contribution < -0.4 is 0 Å². The van der Waals surface area contributed by atoms with Crippen LogP contribution in [0.5, 0.6) is 0 Å². The highest BCUT2D eigenvalue weighted by molar-refractivity contribution is 5.64. The van der Waals surface area contributed by atoms with Gasteiger partial charge in [-0.15, -0.1) is 0 Å². The maximum Gasteiger partial charge on any atom is 0.0825 e. The Labute approximate surface area is 159 Å². The molecule has 2 unspecified atom stereocenters. The Balaban J connectivity index is 1.51. The van der Waals surface area contributed by atoms with Gasteiger partial charge < -0.3 is 4.74 Å². The Morgan fingerprint density at radius 1 is 0.808 bits per heavy atom. The second-order valence-corrected chi connectivity index (χ2v) is 7.79. The van der Waals surface area contributed by atoms with E-state index in [0.29, 0.717) is 6.10 Å². The highest BCUT2D eigenvalue weighted by atomic mass is 16.5. The molecule has 1 aliphatic heterocycles. The van der Waals surface area contributed by atoms with E-state index in [1.807, 2.05) is 0 Å². The summed E-state index contributed by atoms with van der Waals surface area (Å²) in [4.78, 5) is 0. The van der Waals surface area contributed by atoms with Crippen LogP contribution >= 0.6 is 0 Å². The fraction of sp³-hybridized carbons (Fsp3) is 0.520. The molecule has 1 fully saturated rings. The quantitative estimate of drug-likeness (QED) is 0.452. The predicted molar refractivity (Wildman–Crippen MR) is 111 cm³/mol. The number of aryl methyl sites for hydroxylation is 1. The van der Waals surface area contributed by atoms with E-state index in [-0.39, 0.29) is 0 Å². The molecule has 0 amide bonds. The fourth-order valence-electron chi connectivity index (χ4n) is 3.98. The third-order valence-corrected chi connectivity index (χ3v) is 5.81. The molecule has 0 aliphatic carbocycles. The highest BCUT2D eigenvalue weighted by Gasteiger charge is 2.22. The largest absolute Gasteiger partial charge is 0.373 e. The van der Waals surface area contributed by atoms with Gasteiger partial charge >= 0.3 is 0 Å². The van der Waals surface area contributed by atoms with E-state index in [1.54, 1.807) is 0 Å². The van der Waals surface area contributed by atoms with E-state index in [2.05, 4.69) is 62.4 Å². The van der Waals surface area contributed by atoms with Gasteiger partial charge in [-0.25, -0.2) is 0 Å². The van der Waals surface area contributed by atoms with E-state index in [1.165, 1.54) is 67.2 Å². The van der Waals surface area contributed by atoms with E-state index >= 15 is 0 Å². The van der Waals surface area contributed by atoms with Gasteiger partial charge in [0, 0.05) is 0 Å². The molecular weight excluding hydrogens is 316 g/mol. The van der Waals surface area contributed by atoms with Crippen LogP contribution in [0.15, 0.2) is 48.5 Å². The van der Waals surface area contributed by atoms with Crippen molar-refractivity contribution in [2.24, 2.45) is 5.92 Å². The summed E-state index contributed by atoms with van der Waals surface area (Å²) >= 11 is 0. The maximum absolute atomic E-state index is 6.21. The van der Waals surface area contributed by atoms with Crippen molar-refractivity contribution >= 4 is 0 Å². The zero-order valence-corrected chi connectivity index (χ0v) is 16.5. The standard InChI is InChI=1S/C25H34O/c1-3-5-6-7-8-21-11-18-25(26-19-21)24-16-14-23(15-17-24)22-12-9-20(4-2)10-13-22/h9-10,12-17,21,25H,3-8,11,18-19H2,1-2H3. The molecule has 3 rings (SSSR count). The summed E-state index contributed by atoms with van der Waals surface area (Å²) in [5.74, 6) is 0.777. The van der Waals surface area contributed by atoms with Gasteiger partial charge in [0.25, 0.3) is 0 Å². The number of benzene rings is 2. The second kappa shape index (κ2) is 9.92. The smallest absolute Gasteiger partial charge is 0.0825 e. The van der Waals surface area contributed by atoms with Crippen LogP contribution in [0, 0.1) is 5.92 Å². The molecule has 1 heteroatoms. The first kappa shape index (κ1) is 19.2. The molecule has 2 aromatic rings. The average molecular weight is 351 g/mol. The van der Waals surface area contributed by atoms with E-state index in [4.69, 9.17) is 4.74 Å². The number of hydrogen-bond donors (Lipinski definition) is 0. The lowest BCUT2D eigenvalue weighted by molar-refractivity contribution is -0.0198. The van der Waals surface area contributed by atoms with Crippen molar-refractivity contribution in [1.82, 2.24) is 0 Å². The fourth-order valence-corrected chi connectivity index (χ4v) is 3.98. The van der Waals surface area contributed by atoms with Crippen molar-refractivity contribution in [3.05, 3.63) is 59.7 Å². The minimum absolute atomic E-state index is 0.290. The van der Waals surface area contributed by atoms with Gasteiger partial charge in [0.2, 0.25) is 0 Å². The van der Waals surface area contributed by atoms with Crippen molar-refractivity contribution in [3.8, 4) is 11.1 Å². The Morgan fingerprint density at radius 3 is 2.08 bits per heavy atom. The molecule has 0 saturated carbocycles. The van der Waals surface area contributed by atoms with Crippen molar-refractivity contribution in [1.29, 1.82) is 0 Å². The molecular formula is C25H34O. The molecule has 1 aliphatic rings. The lowest BCUT2D eigenvalue weighted by atomic mass is 9.90. The topological polar surface area (TPSA) is 9.23 Å². The van der Waals surface area contributed by atoms with E-state index in [9.17, 15) is 0 Å². The minimum atomic E-state index is 0.290. The molecule has 0 radical (unpaired) electrons. The van der Waals surface area contributed by atoms with Gasteiger partial charge in [0.05, 0.1) is 12.7 Å². The molecule has 0 aromatic heterocycles. The lowest BCUT2D eigenvalue weighted by Gasteiger charge is -2.29. The van der Waals surface area contributed by atoms with Crippen LogP contribution in [0.4, 0.5) is 0 Å². The molecule has 2 atom stereocenters. The van der Waals surface area contributed by atoms with Gasteiger partial charge in [0.15, 0.2) is 0 Å². The zero-order chi connectivity index (χ0) is 18.2. The van der Waals surface area contributed by atoms with Crippen LogP contribution in [-0.2, 0) is 11.2 Å². The highest BCUT2D eigenvalue weighted by Crippen LogP contribution is 2.33. The average Bonchev–Trinajstić information content (AvgIpc) is 2.72. The molecule has 0 bridgehead atoms. The van der Waals surface area contributed by atoms with Gasteiger partial charge in [0.1, 0.15) is 0 Å². The third kappa shape index (κ3) is 5.20. The van der Waals surface area contributed by atoms with Gasteiger partial charge in [-0.2, -0.15) is 0 Å². The Hall–Kier alpha value is -1.60. The van der Waals surface area contributed by atoms with Gasteiger partial charge in [-0.3, -0.25) is 0 Å². The number of hydrogen-bond acceptors (Lipinski definition) is 1. The molecule has 0 spiro atoms. The SMILES string of the molecule is CCCCCCC1CCC(c2ccc(-c3ccc(CC)cc3)cc2)OC1. The summed E-state index contributed by atoms with van der Waals surface area (Å²) in [7, 11) is 0. The summed E-state index contributed by atoms with van der Waals surface area (Å²) < 4.78 is 6.21. The summed E-state index contributed by atoms with van der Waals surface area (Å²) in [5.41, 5.74) is 5.32. The maximum atomic E-state index is 6.21. The van der Waals surface area contributed by atoms with Crippen molar-refractivity contribution < 1.29 is 4.74 Å². The van der Waals surface area contributed by atoms with Crippen LogP contribution in [-0.4, -0.2) is 6.61 Å². The summed E-state index contributed by atoms with van der Waals surface area (Å²) in [5, 5.41) is 0. The van der Waals surface area contributed by atoms with Crippen molar-refractivity contribution in [3.63, 3.8) is 0 Å². The first-order valence-corrected chi connectivity index (χ1v) is 10.6. The molecule has 1 heterocycles. The molecule has 1 saturated heterocycles. The zero-order valence-electron chi connectivity index (χ0n) is 16.5. The Kier molecular flexibility index (Phi) is 7.32. The summed E-state index contributed by atoms with van der Waals surface area (Å²) in [6.07, 6.45) is 10.7. The molecule has 2 aromatic carbocycles. The summed E-state index contributed by atoms with van der Waals surface area (Å²) in [6, 6.07) is 17.9. The number of rotatable bonds is 8. The lowest BCUT2D eigenvalue weighted by Crippen LogP contribution is -2.20. The number of ether oxygens (including phenoxy) is 1. The minimum Gasteiger partial charge on any atom is -0.373 e. The van der Waals surface area contributed by atoms with Crippen molar-refractivity contribution in [2.75, 3.05) is 6.61 Å². The van der Waals surface area contributed by atoms with Gasteiger partial charge in [-0.05, 0) is 53.9 Å². The van der Waals surface area contributed by atoms with Crippen LogP contribution in [0.25, 0.3) is 11.1 Å². The first-order chi connectivity index (χ1) is 12.8. The number of unbranched alkanes of at least 4 members (excludes halogenated alkanes) is 3. The summed E-state index contributed by atoms with van der Waals surface area (Å²) in [6.45, 7) is 5.42. The van der Waals surface area contributed by atoms with Crippen LogP contribution in [0.2, 0.25) is 0 Å². The predicted octanol–water partition coefficient (Wildman–Crippen LogP) is 7.35. The molecule has 140 valence electrons. The first-order valence-electron chi connectivity index (χ1n) is 10.6. The second-order valence-electron chi connectivity index (χ2n) is 7.79. The van der Waals surface area contributed by atoms with E-state index < -0.39 is 0 Å². The molecule has 0 N–H and O–H groups in total. The Morgan fingerprint density at radius 2 is 1.50 bits per heavy atom. The van der Waals surface area contributed by atoms with Crippen LogP contribution in [0.1, 0.15) is 76.0 Å². The van der Waals surface area contributed by atoms with Crippen LogP contribution in [0.3, 0.4) is 0 Å². The Bertz CT molecular complexity index is 633. The van der Waals surface area contributed by atoms with Crippen molar-refractivity contribution in [2.45, 2.75) is 71.3 Å². The molecule has 1 nitrogen and oxygen atoms in total. The van der Waals surface area contributed by atoms with Gasteiger partial charge in [-0.1, -0.05) is 88.1 Å². The third-order valence-electron chi connectivity index (χ3n) is 5.81. The monoisotopic (exact) mass is 350 g/mol. The molecule has 26 heavy (non-hydrogen) atoms. The normalized spacial score (nSPS) is 20.2.